The van der Waals surface area contributed by atoms with Gasteiger partial charge in [-0.15, -0.1) is 0 Å². The maximum Gasteiger partial charge on any atom is 0.337 e. The minimum Gasteiger partial charge on any atom is -0.479 e. The maximum atomic E-state index is 11.4. The lowest BCUT2D eigenvalue weighted by molar-refractivity contribution is -0.144. The molecule has 0 aliphatic carbocycles. The molecule has 0 spiro atoms. The molecule has 1 atom stereocenters. The van der Waals surface area contributed by atoms with Crippen LogP contribution in [0.4, 0.5) is 0 Å². The second-order valence-electron chi connectivity index (χ2n) is 4.32. The number of unbranched alkanes of at least 4 members (excludes halogenated alkanes) is 3. The van der Waals surface area contributed by atoms with Crippen LogP contribution in [0.25, 0.3) is 0 Å². The molecule has 6 heteroatoms. The summed E-state index contributed by atoms with van der Waals surface area (Å²) < 4.78 is 0. The van der Waals surface area contributed by atoms with E-state index in [0.717, 1.165) is 37.4 Å². The molecular weight excluding hydrogens is 264 g/mol. The molecule has 0 amide bonds. The number of carboxylic acid groups (broad SMARTS) is 1. The highest BCUT2D eigenvalue weighted by molar-refractivity contribution is 8.01. The zero-order valence-corrected chi connectivity index (χ0v) is 11.8. The normalized spacial score (nSPS) is 14.0. The van der Waals surface area contributed by atoms with E-state index in [1.807, 2.05) is 5.48 Å². The number of carbonyl (C=O) groups is 1. The van der Waals surface area contributed by atoms with Crippen molar-refractivity contribution in [1.29, 1.82) is 0 Å². The first-order valence-electron chi connectivity index (χ1n) is 6.39. The molecule has 19 heavy (non-hydrogen) atoms. The quantitative estimate of drug-likeness (QED) is 0.280. The number of aliphatic carboxylic acids is 1. The lowest BCUT2D eigenvalue weighted by Gasteiger charge is -2.26. The monoisotopic (exact) mass is 284 g/mol. The molecule has 0 saturated carbocycles. The molecule has 0 aliphatic rings. The van der Waals surface area contributed by atoms with Crippen molar-refractivity contribution in [2.24, 2.45) is 0 Å². The van der Waals surface area contributed by atoms with Crippen LogP contribution in [0.1, 0.15) is 39.0 Å². The number of rotatable bonds is 9. The van der Waals surface area contributed by atoms with Gasteiger partial charge in [0.1, 0.15) is 0 Å². The summed E-state index contributed by atoms with van der Waals surface area (Å²) in [5.41, 5.74) is 1.96. The Hall–Kier alpha value is -1.11. The van der Waals surface area contributed by atoms with Crippen LogP contribution in [0.15, 0.2) is 29.4 Å². The Balaban J connectivity index is 2.72. The number of pyridine rings is 1. The van der Waals surface area contributed by atoms with Gasteiger partial charge in [-0.25, -0.2) is 9.78 Å². The number of nitrogens with one attached hydrogen (secondary N) is 1. The molecule has 0 bridgehead atoms. The van der Waals surface area contributed by atoms with Crippen LogP contribution in [-0.2, 0) is 4.79 Å². The van der Waals surface area contributed by atoms with Gasteiger partial charge in [-0.3, -0.25) is 0 Å². The second kappa shape index (κ2) is 8.14. The molecule has 0 radical (unpaired) electrons. The summed E-state index contributed by atoms with van der Waals surface area (Å²) >= 11 is 1.03. The molecule has 1 rings (SSSR count). The van der Waals surface area contributed by atoms with Crippen molar-refractivity contribution in [3.05, 3.63) is 24.4 Å². The van der Waals surface area contributed by atoms with Crippen LogP contribution < -0.4 is 5.48 Å². The average molecular weight is 284 g/mol. The summed E-state index contributed by atoms with van der Waals surface area (Å²) in [7, 11) is 0. The largest absolute Gasteiger partial charge is 0.479 e. The first-order valence-corrected chi connectivity index (χ1v) is 7.21. The van der Waals surface area contributed by atoms with Crippen LogP contribution in [0.2, 0.25) is 0 Å². The fourth-order valence-electron chi connectivity index (χ4n) is 1.71. The van der Waals surface area contributed by atoms with Gasteiger partial charge >= 0.3 is 5.97 Å². The number of aromatic nitrogens is 1. The number of nitrogens with zero attached hydrogens (tertiary/aromatic N) is 1. The van der Waals surface area contributed by atoms with Gasteiger partial charge in [-0.1, -0.05) is 50.4 Å². The molecule has 1 aromatic rings. The Morgan fingerprint density at radius 2 is 2.21 bits per heavy atom. The van der Waals surface area contributed by atoms with E-state index >= 15 is 0 Å². The highest BCUT2D eigenvalue weighted by atomic mass is 32.2. The molecule has 5 nitrogen and oxygen atoms in total. The van der Waals surface area contributed by atoms with E-state index in [1.165, 1.54) is 0 Å². The molecule has 1 unspecified atom stereocenters. The van der Waals surface area contributed by atoms with Gasteiger partial charge in [0.2, 0.25) is 0 Å². The van der Waals surface area contributed by atoms with Crippen molar-refractivity contribution >= 4 is 17.7 Å². The third-order valence-corrected chi connectivity index (χ3v) is 4.09. The van der Waals surface area contributed by atoms with E-state index in [4.69, 9.17) is 0 Å². The third-order valence-electron chi connectivity index (χ3n) is 2.83. The van der Waals surface area contributed by atoms with Crippen molar-refractivity contribution in [1.82, 2.24) is 10.5 Å². The lowest BCUT2D eigenvalue weighted by Crippen LogP contribution is -2.47. The first kappa shape index (κ1) is 15.9. The third kappa shape index (κ3) is 4.81. The van der Waals surface area contributed by atoms with Gasteiger partial charge in [0.05, 0.1) is 5.03 Å². The second-order valence-corrected chi connectivity index (χ2v) is 5.64. The summed E-state index contributed by atoms with van der Waals surface area (Å²) in [5, 5.41) is 19.2. The van der Waals surface area contributed by atoms with Gasteiger partial charge in [0.15, 0.2) is 4.87 Å². The maximum absolute atomic E-state index is 11.4. The number of carboxylic acids is 1. The van der Waals surface area contributed by atoms with Gasteiger partial charge in [-0.05, 0) is 18.6 Å². The number of hydroxylamine groups is 1. The summed E-state index contributed by atoms with van der Waals surface area (Å²) in [6, 6.07) is 5.28. The van der Waals surface area contributed by atoms with Gasteiger partial charge < -0.3 is 10.3 Å². The van der Waals surface area contributed by atoms with Crippen molar-refractivity contribution in [2.45, 2.75) is 48.9 Å². The van der Waals surface area contributed by atoms with E-state index in [1.54, 1.807) is 24.4 Å². The fourth-order valence-corrected chi connectivity index (χ4v) is 2.71. The molecule has 0 aliphatic heterocycles. The Morgan fingerprint density at radius 3 is 2.74 bits per heavy atom. The Kier molecular flexibility index (Phi) is 6.83. The van der Waals surface area contributed by atoms with E-state index in [2.05, 4.69) is 11.9 Å². The average Bonchev–Trinajstić information content (AvgIpc) is 2.43. The van der Waals surface area contributed by atoms with E-state index in [-0.39, 0.29) is 0 Å². The predicted octanol–water partition coefficient (Wildman–Crippen LogP) is 2.90. The standard InChI is InChI=1S/C13H20N2O3S/c1-2-3-4-6-9-13(15-18,12(16)17)19-11-8-5-7-10-14-11/h5,7-8,10,15,18H,2-4,6,9H2,1H3,(H,16,17). The predicted molar refractivity (Wildman–Crippen MR) is 74.1 cm³/mol. The van der Waals surface area contributed by atoms with Crippen LogP contribution >= 0.6 is 11.8 Å². The van der Waals surface area contributed by atoms with Crippen LogP contribution in [0.3, 0.4) is 0 Å². The van der Waals surface area contributed by atoms with Gasteiger partial charge in [0.25, 0.3) is 0 Å². The van der Waals surface area contributed by atoms with Crippen molar-refractivity contribution in [3.63, 3.8) is 0 Å². The Morgan fingerprint density at radius 1 is 1.42 bits per heavy atom. The minimum atomic E-state index is -1.43. The SMILES string of the molecule is CCCCCCC(NO)(Sc1ccccn1)C(=O)O. The van der Waals surface area contributed by atoms with Crippen molar-refractivity contribution < 1.29 is 15.1 Å². The molecule has 106 valence electrons. The summed E-state index contributed by atoms with van der Waals surface area (Å²) in [5.74, 6) is -1.08. The minimum absolute atomic E-state index is 0.347. The zero-order valence-electron chi connectivity index (χ0n) is 11.0. The van der Waals surface area contributed by atoms with Gasteiger partial charge in [0, 0.05) is 6.20 Å². The van der Waals surface area contributed by atoms with Crippen LogP contribution in [0, 0.1) is 0 Å². The fraction of sp³-hybridized carbons (Fsp3) is 0.538. The van der Waals surface area contributed by atoms with Crippen molar-refractivity contribution in [2.75, 3.05) is 0 Å². The molecule has 1 heterocycles. The molecule has 3 N–H and O–H groups in total. The summed E-state index contributed by atoms with van der Waals surface area (Å²) in [6.07, 6.45) is 5.79. The smallest absolute Gasteiger partial charge is 0.337 e. The molecule has 0 aromatic carbocycles. The van der Waals surface area contributed by atoms with E-state index in [9.17, 15) is 15.1 Å². The van der Waals surface area contributed by atoms with E-state index in [0.29, 0.717) is 11.4 Å². The van der Waals surface area contributed by atoms with Gasteiger partial charge in [-0.2, -0.15) is 5.48 Å². The summed E-state index contributed by atoms with van der Waals surface area (Å²) in [4.78, 5) is 14.1. The lowest BCUT2D eigenvalue weighted by atomic mass is 10.1. The first-order chi connectivity index (χ1) is 9.14. The van der Waals surface area contributed by atoms with Crippen LogP contribution in [-0.4, -0.2) is 26.1 Å². The van der Waals surface area contributed by atoms with E-state index < -0.39 is 10.8 Å². The highest BCUT2D eigenvalue weighted by Crippen LogP contribution is 2.34. The summed E-state index contributed by atoms with van der Waals surface area (Å²) in [6.45, 7) is 2.09. The molecule has 0 fully saturated rings. The number of thioether (sulfide) groups is 1. The molecule has 0 saturated heterocycles. The number of hydrogen-bond donors (Lipinski definition) is 3. The Labute approximate surface area is 117 Å². The topological polar surface area (TPSA) is 82.5 Å². The molecular formula is C13H20N2O3S. The molecule has 1 aromatic heterocycles. The zero-order chi connectivity index (χ0) is 14.1. The van der Waals surface area contributed by atoms with Crippen molar-refractivity contribution in [3.8, 4) is 0 Å². The van der Waals surface area contributed by atoms with Crippen LogP contribution in [0.5, 0.6) is 0 Å². The Bertz CT molecular complexity index is 389. The highest BCUT2D eigenvalue weighted by Gasteiger charge is 2.39. The number of hydrogen-bond acceptors (Lipinski definition) is 5.